The normalized spacial score (nSPS) is 22.4. The lowest BCUT2D eigenvalue weighted by atomic mass is 9.96. The molecule has 17 heavy (non-hydrogen) atoms. The minimum Gasteiger partial charge on any atom is -0.317 e. The molecule has 1 aromatic carbocycles. The second-order valence-electron chi connectivity index (χ2n) is 5.11. The smallest absolute Gasteiger partial charge is 0.123 e. The van der Waals surface area contributed by atoms with Crippen molar-refractivity contribution in [2.75, 3.05) is 19.6 Å². The zero-order valence-electron chi connectivity index (χ0n) is 10.1. The first kappa shape index (κ1) is 11.2. The van der Waals surface area contributed by atoms with Gasteiger partial charge in [-0.3, -0.25) is 4.90 Å². The Morgan fingerprint density at radius 2 is 2.00 bits per heavy atom. The van der Waals surface area contributed by atoms with Crippen molar-refractivity contribution in [3.05, 3.63) is 35.1 Å². The van der Waals surface area contributed by atoms with Gasteiger partial charge in [-0.25, -0.2) is 4.39 Å². The Balaban J connectivity index is 1.73. The van der Waals surface area contributed by atoms with Gasteiger partial charge in [-0.1, -0.05) is 6.07 Å². The molecule has 0 aliphatic carbocycles. The molecule has 2 heterocycles. The standard InChI is InChI=1S/C14H19FN2/c15-13-2-1-12-10-17(8-5-11(12)9-13)14-3-6-16-7-4-14/h1-2,9,14,16H,3-8,10H2. The van der Waals surface area contributed by atoms with Crippen LogP contribution in [0.5, 0.6) is 0 Å². The van der Waals surface area contributed by atoms with Crippen molar-refractivity contribution in [2.24, 2.45) is 0 Å². The molecule has 1 N–H and O–H groups in total. The fourth-order valence-corrected chi connectivity index (χ4v) is 3.03. The summed E-state index contributed by atoms with van der Waals surface area (Å²) in [7, 11) is 0. The number of nitrogens with zero attached hydrogens (tertiary/aromatic N) is 1. The minimum atomic E-state index is -0.0981. The predicted molar refractivity (Wildman–Crippen MR) is 66.4 cm³/mol. The van der Waals surface area contributed by atoms with Crippen LogP contribution in [0.2, 0.25) is 0 Å². The lowest BCUT2D eigenvalue weighted by Crippen LogP contribution is -2.45. The van der Waals surface area contributed by atoms with E-state index < -0.39 is 0 Å². The maximum atomic E-state index is 13.1. The highest BCUT2D eigenvalue weighted by Gasteiger charge is 2.24. The van der Waals surface area contributed by atoms with E-state index in [9.17, 15) is 4.39 Å². The fourth-order valence-electron chi connectivity index (χ4n) is 3.03. The average Bonchev–Trinajstić information content (AvgIpc) is 2.39. The number of rotatable bonds is 1. The molecule has 0 atom stereocenters. The third kappa shape index (κ3) is 2.35. The quantitative estimate of drug-likeness (QED) is 0.799. The number of hydrogen-bond donors (Lipinski definition) is 1. The first-order chi connectivity index (χ1) is 8.33. The second-order valence-corrected chi connectivity index (χ2v) is 5.11. The van der Waals surface area contributed by atoms with Gasteiger partial charge in [0.25, 0.3) is 0 Å². The molecular weight excluding hydrogens is 215 g/mol. The maximum Gasteiger partial charge on any atom is 0.123 e. The Labute approximate surface area is 102 Å². The van der Waals surface area contributed by atoms with Gasteiger partial charge in [0, 0.05) is 19.1 Å². The molecule has 0 saturated carbocycles. The van der Waals surface area contributed by atoms with Gasteiger partial charge in [-0.2, -0.15) is 0 Å². The van der Waals surface area contributed by atoms with Gasteiger partial charge in [0.15, 0.2) is 0 Å². The van der Waals surface area contributed by atoms with E-state index in [-0.39, 0.29) is 5.82 Å². The zero-order chi connectivity index (χ0) is 11.7. The summed E-state index contributed by atoms with van der Waals surface area (Å²) < 4.78 is 13.1. The number of benzene rings is 1. The molecule has 3 rings (SSSR count). The molecule has 3 heteroatoms. The number of hydrogen-bond acceptors (Lipinski definition) is 2. The predicted octanol–water partition coefficient (Wildman–Crippen LogP) is 1.94. The number of halogens is 1. The van der Waals surface area contributed by atoms with Crippen molar-refractivity contribution >= 4 is 0 Å². The first-order valence-corrected chi connectivity index (χ1v) is 6.55. The topological polar surface area (TPSA) is 15.3 Å². The summed E-state index contributed by atoms with van der Waals surface area (Å²) in [5, 5.41) is 3.40. The monoisotopic (exact) mass is 234 g/mol. The van der Waals surface area contributed by atoms with E-state index in [2.05, 4.69) is 10.2 Å². The number of piperidine rings is 1. The van der Waals surface area contributed by atoms with E-state index in [0.717, 1.165) is 38.6 Å². The third-order valence-electron chi connectivity index (χ3n) is 4.04. The van der Waals surface area contributed by atoms with Crippen LogP contribution in [0.25, 0.3) is 0 Å². The van der Waals surface area contributed by atoms with Crippen molar-refractivity contribution < 1.29 is 4.39 Å². The van der Waals surface area contributed by atoms with Crippen LogP contribution >= 0.6 is 0 Å². The summed E-state index contributed by atoms with van der Waals surface area (Å²) >= 11 is 0. The fraction of sp³-hybridized carbons (Fsp3) is 0.571. The van der Waals surface area contributed by atoms with Crippen LogP contribution < -0.4 is 5.32 Å². The molecular formula is C14H19FN2. The van der Waals surface area contributed by atoms with Crippen LogP contribution in [0, 0.1) is 5.82 Å². The molecule has 0 spiro atoms. The Morgan fingerprint density at radius 1 is 1.18 bits per heavy atom. The van der Waals surface area contributed by atoms with E-state index in [1.54, 1.807) is 12.1 Å². The SMILES string of the molecule is Fc1ccc2c(c1)CCN(C1CCNCC1)C2. The van der Waals surface area contributed by atoms with E-state index in [1.807, 2.05) is 6.07 Å². The van der Waals surface area contributed by atoms with Crippen LogP contribution in [0.15, 0.2) is 18.2 Å². The molecule has 2 aliphatic rings. The summed E-state index contributed by atoms with van der Waals surface area (Å²) in [5.74, 6) is -0.0981. The van der Waals surface area contributed by atoms with Crippen LogP contribution in [0.1, 0.15) is 24.0 Å². The Kier molecular flexibility index (Phi) is 3.12. The van der Waals surface area contributed by atoms with Crippen LogP contribution in [-0.4, -0.2) is 30.6 Å². The second kappa shape index (κ2) is 4.75. The van der Waals surface area contributed by atoms with Crippen molar-refractivity contribution in [3.8, 4) is 0 Å². The molecule has 1 fully saturated rings. The Bertz CT molecular complexity index is 399. The van der Waals surface area contributed by atoms with Gasteiger partial charge >= 0.3 is 0 Å². The van der Waals surface area contributed by atoms with Gasteiger partial charge in [-0.05, 0) is 55.6 Å². The lowest BCUT2D eigenvalue weighted by molar-refractivity contribution is 0.147. The molecule has 0 bridgehead atoms. The highest BCUT2D eigenvalue weighted by atomic mass is 19.1. The molecule has 2 aliphatic heterocycles. The average molecular weight is 234 g/mol. The van der Waals surface area contributed by atoms with Crippen molar-refractivity contribution in [1.29, 1.82) is 0 Å². The van der Waals surface area contributed by atoms with Crippen LogP contribution in [-0.2, 0) is 13.0 Å². The zero-order valence-corrected chi connectivity index (χ0v) is 10.1. The number of fused-ring (bicyclic) bond motifs is 1. The van der Waals surface area contributed by atoms with Crippen molar-refractivity contribution in [3.63, 3.8) is 0 Å². The van der Waals surface area contributed by atoms with E-state index >= 15 is 0 Å². The summed E-state index contributed by atoms with van der Waals surface area (Å²) in [5.41, 5.74) is 2.52. The largest absolute Gasteiger partial charge is 0.317 e. The van der Waals surface area contributed by atoms with Gasteiger partial charge < -0.3 is 5.32 Å². The lowest BCUT2D eigenvalue weighted by Gasteiger charge is -2.37. The van der Waals surface area contributed by atoms with Gasteiger partial charge in [0.2, 0.25) is 0 Å². The molecule has 0 unspecified atom stereocenters. The molecule has 1 aromatic rings. The van der Waals surface area contributed by atoms with E-state index in [4.69, 9.17) is 0 Å². The Morgan fingerprint density at radius 3 is 2.82 bits per heavy atom. The van der Waals surface area contributed by atoms with Crippen molar-refractivity contribution in [2.45, 2.75) is 31.8 Å². The molecule has 0 amide bonds. The summed E-state index contributed by atoms with van der Waals surface area (Å²) in [6.07, 6.45) is 3.49. The highest BCUT2D eigenvalue weighted by molar-refractivity contribution is 5.30. The van der Waals surface area contributed by atoms with E-state index in [1.165, 1.54) is 24.0 Å². The van der Waals surface area contributed by atoms with Crippen LogP contribution in [0.4, 0.5) is 4.39 Å². The molecule has 92 valence electrons. The number of nitrogens with one attached hydrogen (secondary N) is 1. The van der Waals surface area contributed by atoms with E-state index in [0.29, 0.717) is 0 Å². The molecule has 0 radical (unpaired) electrons. The summed E-state index contributed by atoms with van der Waals surface area (Å²) in [6, 6.07) is 5.96. The summed E-state index contributed by atoms with van der Waals surface area (Å²) in [4.78, 5) is 2.57. The van der Waals surface area contributed by atoms with Crippen LogP contribution in [0.3, 0.4) is 0 Å². The van der Waals surface area contributed by atoms with Crippen molar-refractivity contribution in [1.82, 2.24) is 10.2 Å². The van der Waals surface area contributed by atoms with Gasteiger partial charge in [0.05, 0.1) is 0 Å². The third-order valence-corrected chi connectivity index (χ3v) is 4.04. The molecule has 0 aromatic heterocycles. The molecule has 2 nitrogen and oxygen atoms in total. The highest BCUT2D eigenvalue weighted by Crippen LogP contribution is 2.24. The minimum absolute atomic E-state index is 0.0981. The van der Waals surface area contributed by atoms with Gasteiger partial charge in [0.1, 0.15) is 5.82 Å². The maximum absolute atomic E-state index is 13.1. The Hall–Kier alpha value is -0.930. The first-order valence-electron chi connectivity index (χ1n) is 6.55. The molecule has 1 saturated heterocycles. The summed E-state index contributed by atoms with van der Waals surface area (Å²) in [6.45, 7) is 4.36. The van der Waals surface area contributed by atoms with Gasteiger partial charge in [-0.15, -0.1) is 0 Å².